The van der Waals surface area contributed by atoms with Crippen LogP contribution in [0, 0.1) is 5.82 Å². The first-order chi connectivity index (χ1) is 13.5. The Morgan fingerprint density at radius 1 is 1.14 bits per heavy atom. The number of anilines is 1. The second-order valence-electron chi connectivity index (χ2n) is 6.96. The molecular formula is C21H21FN2O3S. The van der Waals surface area contributed by atoms with E-state index in [0.29, 0.717) is 37.2 Å². The van der Waals surface area contributed by atoms with Crippen molar-refractivity contribution in [2.24, 2.45) is 0 Å². The van der Waals surface area contributed by atoms with Crippen LogP contribution in [0.3, 0.4) is 0 Å². The molecule has 146 valence electrons. The first-order valence-electron chi connectivity index (χ1n) is 9.18. The van der Waals surface area contributed by atoms with Crippen LogP contribution in [0.25, 0.3) is 0 Å². The Bertz CT molecular complexity index is 895. The summed E-state index contributed by atoms with van der Waals surface area (Å²) in [6.45, 7) is 1.06. The number of ether oxygens (including phenoxy) is 1. The molecule has 2 heterocycles. The molecule has 2 aromatic rings. The highest BCUT2D eigenvalue weighted by Crippen LogP contribution is 2.47. The number of amides is 2. The van der Waals surface area contributed by atoms with Crippen molar-refractivity contribution in [3.8, 4) is 5.75 Å². The van der Waals surface area contributed by atoms with Crippen LogP contribution in [0.5, 0.6) is 5.75 Å². The van der Waals surface area contributed by atoms with Crippen molar-refractivity contribution in [2.75, 3.05) is 30.9 Å². The van der Waals surface area contributed by atoms with Crippen LogP contribution in [-0.4, -0.2) is 47.5 Å². The van der Waals surface area contributed by atoms with Crippen molar-refractivity contribution in [3.05, 3.63) is 59.9 Å². The number of benzene rings is 2. The summed E-state index contributed by atoms with van der Waals surface area (Å²) in [7, 11) is 1.61. The third-order valence-corrected chi connectivity index (χ3v) is 6.87. The van der Waals surface area contributed by atoms with Gasteiger partial charge in [-0.1, -0.05) is 6.07 Å². The number of halogens is 1. The molecule has 2 aliphatic heterocycles. The Morgan fingerprint density at radius 2 is 1.86 bits per heavy atom. The van der Waals surface area contributed by atoms with Crippen molar-refractivity contribution in [1.82, 2.24) is 4.90 Å². The molecule has 1 spiro atoms. The van der Waals surface area contributed by atoms with E-state index in [4.69, 9.17) is 4.74 Å². The summed E-state index contributed by atoms with van der Waals surface area (Å²) in [5.74, 6) is 0.679. The maximum atomic E-state index is 13.4. The molecule has 0 atom stereocenters. The number of nitrogens with zero attached hydrogens (tertiary/aromatic N) is 2. The number of hydrogen-bond donors (Lipinski definition) is 0. The van der Waals surface area contributed by atoms with Crippen molar-refractivity contribution in [3.63, 3.8) is 0 Å². The number of likely N-dealkylation sites (tertiary alicyclic amines) is 1. The predicted molar refractivity (Wildman–Crippen MR) is 107 cm³/mol. The largest absolute Gasteiger partial charge is 0.497 e. The standard InChI is InChI=1S/C21H21FN2O3S/c1-27-18-7-5-17(6-8-18)24-19(25)14-28-21(24)9-11-23(12-10-21)20(26)15-3-2-4-16(22)13-15/h2-8,13H,9-12,14H2,1H3. The minimum absolute atomic E-state index is 0.0834. The van der Waals surface area contributed by atoms with Gasteiger partial charge in [0.05, 0.1) is 17.7 Å². The third-order valence-electron chi connectivity index (χ3n) is 5.36. The van der Waals surface area contributed by atoms with Gasteiger partial charge in [0.25, 0.3) is 5.91 Å². The van der Waals surface area contributed by atoms with Gasteiger partial charge < -0.3 is 9.64 Å². The molecule has 2 saturated heterocycles. The summed E-state index contributed by atoms with van der Waals surface area (Å²) in [5, 5.41) is 0. The second kappa shape index (κ2) is 7.47. The number of hydrogen-bond acceptors (Lipinski definition) is 4. The normalized spacial score (nSPS) is 18.6. The highest BCUT2D eigenvalue weighted by molar-refractivity contribution is 8.02. The van der Waals surface area contributed by atoms with E-state index >= 15 is 0 Å². The van der Waals surface area contributed by atoms with Gasteiger partial charge in [-0.25, -0.2) is 4.39 Å². The smallest absolute Gasteiger partial charge is 0.253 e. The predicted octanol–water partition coefficient (Wildman–Crippen LogP) is 3.55. The number of carbonyl (C=O) groups excluding carboxylic acids is 2. The Labute approximate surface area is 167 Å². The lowest BCUT2D eigenvalue weighted by Crippen LogP contribution is -2.53. The summed E-state index contributed by atoms with van der Waals surface area (Å²) in [6, 6.07) is 13.3. The van der Waals surface area contributed by atoms with Gasteiger partial charge in [0, 0.05) is 24.3 Å². The topological polar surface area (TPSA) is 49.9 Å². The van der Waals surface area contributed by atoms with Gasteiger partial charge in [0.2, 0.25) is 5.91 Å². The van der Waals surface area contributed by atoms with E-state index in [1.807, 2.05) is 29.2 Å². The van der Waals surface area contributed by atoms with E-state index in [-0.39, 0.29) is 16.7 Å². The molecule has 2 aliphatic rings. The molecule has 0 radical (unpaired) electrons. The van der Waals surface area contributed by atoms with Crippen LogP contribution in [0.2, 0.25) is 0 Å². The van der Waals surface area contributed by atoms with E-state index in [9.17, 15) is 14.0 Å². The number of carbonyl (C=O) groups is 2. The molecule has 0 bridgehead atoms. The minimum Gasteiger partial charge on any atom is -0.497 e. The first kappa shape index (κ1) is 18.8. The number of piperidine rings is 1. The van der Waals surface area contributed by atoms with Crippen LogP contribution in [0.15, 0.2) is 48.5 Å². The monoisotopic (exact) mass is 400 g/mol. The van der Waals surface area contributed by atoms with Crippen LogP contribution in [0.4, 0.5) is 10.1 Å². The van der Waals surface area contributed by atoms with E-state index in [0.717, 1.165) is 11.4 Å². The molecule has 2 amide bonds. The van der Waals surface area contributed by atoms with Crippen molar-refractivity contribution in [2.45, 2.75) is 17.7 Å². The fourth-order valence-corrected chi connectivity index (χ4v) is 5.22. The fraction of sp³-hybridized carbons (Fsp3) is 0.333. The maximum absolute atomic E-state index is 13.4. The van der Waals surface area contributed by atoms with Crippen molar-refractivity contribution >= 4 is 29.3 Å². The Hall–Kier alpha value is -2.54. The summed E-state index contributed by atoms with van der Waals surface area (Å²) in [5.41, 5.74) is 1.21. The Kier molecular flexibility index (Phi) is 5.02. The van der Waals surface area contributed by atoms with Crippen LogP contribution in [0.1, 0.15) is 23.2 Å². The molecule has 4 rings (SSSR count). The first-order valence-corrected chi connectivity index (χ1v) is 10.2. The molecule has 0 aromatic heterocycles. The molecule has 28 heavy (non-hydrogen) atoms. The third kappa shape index (κ3) is 3.35. The lowest BCUT2D eigenvalue weighted by atomic mass is 10.00. The van der Waals surface area contributed by atoms with Crippen LogP contribution < -0.4 is 9.64 Å². The molecule has 5 nitrogen and oxygen atoms in total. The lowest BCUT2D eigenvalue weighted by Gasteiger charge is -2.44. The van der Waals surface area contributed by atoms with Gasteiger partial charge in [0.1, 0.15) is 11.6 Å². The van der Waals surface area contributed by atoms with E-state index in [1.165, 1.54) is 12.1 Å². The molecule has 0 unspecified atom stereocenters. The van der Waals surface area contributed by atoms with Gasteiger partial charge in [0.15, 0.2) is 0 Å². The molecule has 7 heteroatoms. The minimum atomic E-state index is -0.415. The number of methoxy groups -OCH3 is 1. The fourth-order valence-electron chi connectivity index (χ4n) is 3.89. The summed E-state index contributed by atoms with van der Waals surface area (Å²) < 4.78 is 18.7. The van der Waals surface area contributed by atoms with Crippen LogP contribution >= 0.6 is 11.8 Å². The average molecular weight is 400 g/mol. The van der Waals surface area contributed by atoms with Crippen LogP contribution in [-0.2, 0) is 4.79 Å². The molecular weight excluding hydrogens is 379 g/mol. The van der Waals surface area contributed by atoms with Gasteiger partial charge in [-0.05, 0) is 55.3 Å². The zero-order valence-corrected chi connectivity index (χ0v) is 16.4. The van der Waals surface area contributed by atoms with Gasteiger partial charge >= 0.3 is 0 Å². The van der Waals surface area contributed by atoms with Crippen molar-refractivity contribution in [1.29, 1.82) is 0 Å². The van der Waals surface area contributed by atoms with E-state index in [1.54, 1.807) is 35.9 Å². The van der Waals surface area contributed by atoms with Gasteiger partial charge in [-0.2, -0.15) is 0 Å². The van der Waals surface area contributed by atoms with E-state index < -0.39 is 5.82 Å². The molecule has 0 N–H and O–H groups in total. The number of rotatable bonds is 3. The summed E-state index contributed by atoms with van der Waals surface area (Å²) in [6.07, 6.45) is 1.35. The zero-order chi connectivity index (χ0) is 19.7. The average Bonchev–Trinajstić information content (AvgIpc) is 3.04. The van der Waals surface area contributed by atoms with Gasteiger partial charge in [-0.15, -0.1) is 11.8 Å². The molecule has 0 saturated carbocycles. The quantitative estimate of drug-likeness (QED) is 0.791. The Balaban J connectivity index is 1.51. The molecule has 2 aromatic carbocycles. The Morgan fingerprint density at radius 3 is 2.50 bits per heavy atom. The number of thioether (sulfide) groups is 1. The highest BCUT2D eigenvalue weighted by Gasteiger charge is 2.49. The lowest BCUT2D eigenvalue weighted by molar-refractivity contribution is -0.116. The van der Waals surface area contributed by atoms with Crippen molar-refractivity contribution < 1.29 is 18.7 Å². The molecule has 0 aliphatic carbocycles. The van der Waals surface area contributed by atoms with E-state index in [2.05, 4.69) is 0 Å². The summed E-state index contributed by atoms with van der Waals surface area (Å²) in [4.78, 5) is 28.6. The molecule has 2 fully saturated rings. The summed E-state index contributed by atoms with van der Waals surface area (Å²) >= 11 is 1.65. The second-order valence-corrected chi connectivity index (χ2v) is 8.30. The SMILES string of the molecule is COc1ccc(N2C(=O)CSC23CCN(C(=O)c2cccc(F)c2)CC3)cc1. The zero-order valence-electron chi connectivity index (χ0n) is 15.6. The highest BCUT2D eigenvalue weighted by atomic mass is 32.2. The van der Waals surface area contributed by atoms with Gasteiger partial charge in [-0.3, -0.25) is 14.5 Å². The maximum Gasteiger partial charge on any atom is 0.253 e.